The second-order valence-electron chi connectivity index (χ2n) is 8.50. The number of carbonyl (C=O) groups excluding carboxylic acids is 1. The molecule has 0 atom stereocenters. The first-order chi connectivity index (χ1) is 17.4. The van der Waals surface area contributed by atoms with Crippen molar-refractivity contribution < 1.29 is 9.53 Å². The average Bonchev–Trinajstić information content (AvgIpc) is 3.32. The first-order valence-corrected chi connectivity index (χ1v) is 11.4. The largest absolute Gasteiger partial charge is 0.494 e. The Morgan fingerprint density at radius 1 is 1.11 bits per heavy atom. The topological polar surface area (TPSA) is 87.5 Å². The smallest absolute Gasteiger partial charge is 0.300 e. The molecule has 36 heavy (non-hydrogen) atoms. The van der Waals surface area contributed by atoms with E-state index in [1.165, 1.54) is 0 Å². The van der Waals surface area contributed by atoms with Gasteiger partial charge < -0.3 is 29.7 Å². The summed E-state index contributed by atoms with van der Waals surface area (Å²) in [4.78, 5) is 25.3. The quantitative estimate of drug-likeness (QED) is 0.351. The molecule has 1 amide bonds. The standard InChI is InChI=1S/C27H29N7O2/c1-6-26(35)29-20-17-21(24(36-5)18-23(20)33(4)16-15-32(2)3)30-27-28-13-11-25(31-27)34-14-12-19-9-7-8-10-22(19)34/h1,7-14,17-18H,15-16H2,2-5H3,(H,29,35)(H,28,30,31). The van der Waals surface area contributed by atoms with Gasteiger partial charge in [-0.15, -0.1) is 6.42 Å². The molecule has 2 heterocycles. The molecule has 4 aromatic rings. The monoisotopic (exact) mass is 483 g/mol. The summed E-state index contributed by atoms with van der Waals surface area (Å²) in [5.41, 5.74) is 2.96. The summed E-state index contributed by atoms with van der Waals surface area (Å²) in [5, 5.41) is 7.14. The number of carbonyl (C=O) groups is 1. The van der Waals surface area contributed by atoms with Crippen LogP contribution in [0, 0.1) is 12.3 Å². The molecular formula is C27H29N7O2. The summed E-state index contributed by atoms with van der Waals surface area (Å²) >= 11 is 0. The van der Waals surface area contributed by atoms with E-state index >= 15 is 0 Å². The number of nitrogens with one attached hydrogen (secondary N) is 2. The first-order valence-electron chi connectivity index (χ1n) is 11.4. The number of ether oxygens (including phenoxy) is 1. The third-order valence-electron chi connectivity index (χ3n) is 5.72. The number of amides is 1. The molecule has 0 saturated carbocycles. The number of nitrogens with zero attached hydrogens (tertiary/aromatic N) is 5. The molecule has 0 radical (unpaired) electrons. The molecule has 0 aliphatic carbocycles. The van der Waals surface area contributed by atoms with Crippen LogP contribution < -0.4 is 20.3 Å². The van der Waals surface area contributed by atoms with Gasteiger partial charge in [-0.05, 0) is 49.7 Å². The van der Waals surface area contributed by atoms with Crippen molar-refractivity contribution in [2.45, 2.75) is 0 Å². The van der Waals surface area contributed by atoms with Crippen LogP contribution in [-0.4, -0.2) is 66.7 Å². The second-order valence-corrected chi connectivity index (χ2v) is 8.50. The fraction of sp³-hybridized carbons (Fsp3) is 0.222. The fourth-order valence-electron chi connectivity index (χ4n) is 3.83. The Labute approximate surface area is 210 Å². The van der Waals surface area contributed by atoms with Crippen LogP contribution in [0.5, 0.6) is 5.75 Å². The zero-order chi connectivity index (χ0) is 25.7. The molecule has 9 nitrogen and oxygen atoms in total. The van der Waals surface area contributed by atoms with E-state index in [-0.39, 0.29) is 0 Å². The molecule has 0 bridgehead atoms. The van der Waals surface area contributed by atoms with Gasteiger partial charge in [-0.2, -0.15) is 4.98 Å². The van der Waals surface area contributed by atoms with Crippen molar-refractivity contribution in [1.82, 2.24) is 19.4 Å². The summed E-state index contributed by atoms with van der Waals surface area (Å²) in [6.07, 6.45) is 8.99. The van der Waals surface area contributed by atoms with Crippen molar-refractivity contribution in [3.63, 3.8) is 0 Å². The van der Waals surface area contributed by atoms with Crippen molar-refractivity contribution in [2.24, 2.45) is 0 Å². The number of methoxy groups -OCH3 is 1. The Balaban J connectivity index is 1.69. The molecular weight excluding hydrogens is 454 g/mol. The molecule has 4 rings (SSSR count). The van der Waals surface area contributed by atoms with Crippen LogP contribution in [-0.2, 0) is 4.79 Å². The number of benzene rings is 2. The van der Waals surface area contributed by atoms with Crippen LogP contribution >= 0.6 is 0 Å². The highest BCUT2D eigenvalue weighted by Crippen LogP contribution is 2.38. The van der Waals surface area contributed by atoms with Gasteiger partial charge >= 0.3 is 0 Å². The number of aromatic nitrogens is 3. The van der Waals surface area contributed by atoms with Crippen LogP contribution in [0.4, 0.5) is 23.0 Å². The van der Waals surface area contributed by atoms with Gasteiger partial charge in [0.1, 0.15) is 11.6 Å². The summed E-state index contributed by atoms with van der Waals surface area (Å²) in [7, 11) is 7.55. The summed E-state index contributed by atoms with van der Waals surface area (Å²) in [6, 6.07) is 15.6. The average molecular weight is 484 g/mol. The number of anilines is 4. The van der Waals surface area contributed by atoms with E-state index in [9.17, 15) is 4.79 Å². The summed E-state index contributed by atoms with van der Waals surface area (Å²) in [5.74, 6) is 3.24. The van der Waals surface area contributed by atoms with Gasteiger partial charge in [-0.1, -0.05) is 18.2 Å². The molecule has 0 unspecified atom stereocenters. The zero-order valence-electron chi connectivity index (χ0n) is 20.8. The predicted octanol–water partition coefficient (Wildman–Crippen LogP) is 3.74. The molecule has 184 valence electrons. The lowest BCUT2D eigenvalue weighted by Crippen LogP contribution is -2.29. The first kappa shape index (κ1) is 24.6. The van der Waals surface area contributed by atoms with E-state index in [4.69, 9.17) is 16.1 Å². The number of terminal acetylenes is 1. The lowest BCUT2D eigenvalue weighted by Gasteiger charge is -2.25. The normalized spacial score (nSPS) is 10.8. The van der Waals surface area contributed by atoms with E-state index in [0.717, 1.165) is 29.7 Å². The Kier molecular flexibility index (Phi) is 7.37. The fourth-order valence-corrected chi connectivity index (χ4v) is 3.83. The second kappa shape index (κ2) is 10.8. The molecule has 0 spiro atoms. The van der Waals surface area contributed by atoms with Gasteiger partial charge in [-0.25, -0.2) is 4.98 Å². The number of likely N-dealkylation sites (N-methyl/N-ethyl adjacent to an activating group) is 2. The Morgan fingerprint density at radius 2 is 1.92 bits per heavy atom. The van der Waals surface area contributed by atoms with Crippen LogP contribution in [0.25, 0.3) is 16.7 Å². The Morgan fingerprint density at radius 3 is 2.67 bits per heavy atom. The van der Waals surface area contributed by atoms with Crippen molar-refractivity contribution >= 4 is 39.8 Å². The number of fused-ring (bicyclic) bond motifs is 1. The molecule has 9 heteroatoms. The molecule has 2 aromatic heterocycles. The van der Waals surface area contributed by atoms with Crippen LogP contribution in [0.1, 0.15) is 0 Å². The molecule has 0 fully saturated rings. The SMILES string of the molecule is C#CC(=O)Nc1cc(Nc2nccc(-n3ccc4ccccc43)n2)c(OC)cc1N(C)CCN(C)C. The number of para-hydroxylation sites is 1. The Bertz CT molecular complexity index is 1420. The van der Waals surface area contributed by atoms with Crippen molar-refractivity contribution in [1.29, 1.82) is 0 Å². The van der Waals surface area contributed by atoms with E-state index < -0.39 is 5.91 Å². The maximum Gasteiger partial charge on any atom is 0.300 e. The summed E-state index contributed by atoms with van der Waals surface area (Å²) < 4.78 is 7.67. The van der Waals surface area contributed by atoms with E-state index in [2.05, 4.69) is 32.5 Å². The third kappa shape index (κ3) is 5.40. The lowest BCUT2D eigenvalue weighted by atomic mass is 10.2. The zero-order valence-corrected chi connectivity index (χ0v) is 20.8. The Hall–Kier alpha value is -4.55. The minimum Gasteiger partial charge on any atom is -0.494 e. The lowest BCUT2D eigenvalue weighted by molar-refractivity contribution is -0.111. The van der Waals surface area contributed by atoms with E-state index in [0.29, 0.717) is 28.9 Å². The number of hydrogen-bond acceptors (Lipinski definition) is 7. The van der Waals surface area contributed by atoms with Crippen molar-refractivity contribution in [3.8, 4) is 23.9 Å². The van der Waals surface area contributed by atoms with E-state index in [1.54, 1.807) is 19.4 Å². The summed E-state index contributed by atoms with van der Waals surface area (Å²) in [6.45, 7) is 1.56. The van der Waals surface area contributed by atoms with E-state index in [1.807, 2.05) is 73.2 Å². The van der Waals surface area contributed by atoms with Crippen LogP contribution in [0.15, 0.2) is 60.9 Å². The molecule has 2 N–H and O–H groups in total. The van der Waals surface area contributed by atoms with Gasteiger partial charge in [-0.3, -0.25) is 4.79 Å². The van der Waals surface area contributed by atoms with Gasteiger partial charge in [0.15, 0.2) is 0 Å². The molecule has 0 aliphatic heterocycles. The maximum absolute atomic E-state index is 12.1. The number of rotatable bonds is 9. The van der Waals surface area contributed by atoms with Gasteiger partial charge in [0, 0.05) is 38.6 Å². The minimum atomic E-state index is -0.536. The highest BCUT2D eigenvalue weighted by molar-refractivity contribution is 6.06. The number of hydrogen-bond donors (Lipinski definition) is 2. The maximum atomic E-state index is 12.1. The van der Waals surface area contributed by atoms with Crippen LogP contribution in [0.3, 0.4) is 0 Å². The van der Waals surface area contributed by atoms with Crippen LogP contribution in [0.2, 0.25) is 0 Å². The predicted molar refractivity (Wildman–Crippen MR) is 144 cm³/mol. The van der Waals surface area contributed by atoms with Gasteiger partial charge in [0.2, 0.25) is 5.95 Å². The molecule has 0 aliphatic rings. The molecule has 0 saturated heterocycles. The molecule has 2 aromatic carbocycles. The highest BCUT2D eigenvalue weighted by Gasteiger charge is 2.17. The third-order valence-corrected chi connectivity index (χ3v) is 5.72. The highest BCUT2D eigenvalue weighted by atomic mass is 16.5. The minimum absolute atomic E-state index is 0.381. The van der Waals surface area contributed by atoms with Gasteiger partial charge in [0.05, 0.1) is 29.7 Å². The van der Waals surface area contributed by atoms with Crippen molar-refractivity contribution in [2.75, 3.05) is 56.9 Å². The van der Waals surface area contributed by atoms with Crippen molar-refractivity contribution in [3.05, 3.63) is 60.9 Å². The van der Waals surface area contributed by atoms with Gasteiger partial charge in [0.25, 0.3) is 5.91 Å².